The number of ether oxygens (including phenoxy) is 1. The van der Waals surface area contributed by atoms with Crippen LogP contribution < -0.4 is 4.74 Å². The molecule has 0 aliphatic heterocycles. The van der Waals surface area contributed by atoms with Gasteiger partial charge in [-0.1, -0.05) is 18.2 Å². The second-order valence-corrected chi connectivity index (χ2v) is 5.46. The Hall–Kier alpha value is -3.10. The predicted octanol–water partition coefficient (Wildman–Crippen LogP) is 3.89. The van der Waals surface area contributed by atoms with Crippen molar-refractivity contribution >= 4 is 11.6 Å². The molecule has 6 nitrogen and oxygen atoms in total. The lowest BCUT2D eigenvalue weighted by atomic mass is 10.1. The molecule has 2 aromatic rings. The number of methoxy groups -OCH3 is 1. The SMILES string of the molecule is COc1ccc(C(=O)N(C)Cc2ccccc2C(F)(F)F)cc1[N+](=O)[O-]. The van der Waals surface area contributed by atoms with Crippen LogP contribution in [0.4, 0.5) is 18.9 Å². The summed E-state index contributed by atoms with van der Waals surface area (Å²) in [5, 5.41) is 11.0. The van der Waals surface area contributed by atoms with Gasteiger partial charge in [-0.2, -0.15) is 13.2 Å². The molecule has 2 aromatic carbocycles. The number of nitrogens with zero attached hydrogens (tertiary/aromatic N) is 2. The number of halogens is 3. The highest BCUT2D eigenvalue weighted by atomic mass is 19.4. The molecule has 0 aliphatic carbocycles. The standard InChI is InChI=1S/C17H15F3N2O4/c1-21(10-12-5-3-4-6-13(12)17(18,19)20)16(23)11-7-8-15(26-2)14(9-11)22(24)25/h3-9H,10H2,1-2H3. The van der Waals surface area contributed by atoms with Gasteiger partial charge < -0.3 is 9.64 Å². The zero-order valence-electron chi connectivity index (χ0n) is 13.9. The van der Waals surface area contributed by atoms with Crippen LogP contribution in [0.1, 0.15) is 21.5 Å². The van der Waals surface area contributed by atoms with E-state index in [1.54, 1.807) is 0 Å². The van der Waals surface area contributed by atoms with Crippen LogP contribution in [-0.4, -0.2) is 29.9 Å². The van der Waals surface area contributed by atoms with Crippen LogP contribution >= 0.6 is 0 Å². The minimum atomic E-state index is -4.54. The Morgan fingerprint density at radius 3 is 2.46 bits per heavy atom. The van der Waals surface area contributed by atoms with E-state index in [2.05, 4.69) is 0 Å². The fraction of sp³-hybridized carbons (Fsp3) is 0.235. The maximum absolute atomic E-state index is 13.1. The Kier molecular flexibility index (Phi) is 5.49. The van der Waals surface area contributed by atoms with Gasteiger partial charge in [0.2, 0.25) is 0 Å². The molecule has 0 atom stereocenters. The van der Waals surface area contributed by atoms with Crippen molar-refractivity contribution in [3.63, 3.8) is 0 Å². The van der Waals surface area contributed by atoms with Crippen molar-refractivity contribution in [3.8, 4) is 5.75 Å². The second-order valence-electron chi connectivity index (χ2n) is 5.46. The average Bonchev–Trinajstić information content (AvgIpc) is 2.59. The molecular formula is C17H15F3N2O4. The third kappa shape index (κ3) is 4.11. The summed E-state index contributed by atoms with van der Waals surface area (Å²) < 4.78 is 44.0. The molecule has 0 N–H and O–H groups in total. The smallest absolute Gasteiger partial charge is 0.416 e. The molecule has 0 aromatic heterocycles. The van der Waals surface area contributed by atoms with Crippen LogP contribution in [0.3, 0.4) is 0 Å². The molecular weight excluding hydrogens is 353 g/mol. The summed E-state index contributed by atoms with van der Waals surface area (Å²) >= 11 is 0. The molecule has 0 radical (unpaired) electrons. The van der Waals surface area contributed by atoms with Crippen molar-refractivity contribution in [3.05, 3.63) is 69.3 Å². The number of hydrogen-bond donors (Lipinski definition) is 0. The Labute approximate surface area is 146 Å². The van der Waals surface area contributed by atoms with Crippen molar-refractivity contribution < 1.29 is 27.6 Å². The highest BCUT2D eigenvalue weighted by Gasteiger charge is 2.33. The van der Waals surface area contributed by atoms with Gasteiger partial charge in [-0.3, -0.25) is 14.9 Å². The zero-order valence-corrected chi connectivity index (χ0v) is 13.9. The lowest BCUT2D eigenvalue weighted by Crippen LogP contribution is -2.27. The number of benzene rings is 2. The first-order valence-corrected chi connectivity index (χ1v) is 7.38. The van der Waals surface area contributed by atoms with E-state index >= 15 is 0 Å². The molecule has 0 bridgehead atoms. The van der Waals surface area contributed by atoms with Crippen molar-refractivity contribution in [2.24, 2.45) is 0 Å². The van der Waals surface area contributed by atoms with E-state index in [1.807, 2.05) is 0 Å². The normalized spacial score (nSPS) is 11.1. The summed E-state index contributed by atoms with van der Waals surface area (Å²) in [5.74, 6) is -0.663. The minimum Gasteiger partial charge on any atom is -0.490 e. The largest absolute Gasteiger partial charge is 0.490 e. The van der Waals surface area contributed by atoms with Crippen LogP contribution in [0.25, 0.3) is 0 Å². The van der Waals surface area contributed by atoms with Gasteiger partial charge in [0.05, 0.1) is 17.6 Å². The van der Waals surface area contributed by atoms with Crippen LogP contribution in [0.5, 0.6) is 5.75 Å². The highest BCUT2D eigenvalue weighted by Crippen LogP contribution is 2.33. The molecule has 0 unspecified atom stereocenters. The van der Waals surface area contributed by atoms with E-state index < -0.39 is 28.3 Å². The lowest BCUT2D eigenvalue weighted by Gasteiger charge is -2.20. The van der Waals surface area contributed by atoms with E-state index in [9.17, 15) is 28.1 Å². The second kappa shape index (κ2) is 7.42. The first-order valence-electron chi connectivity index (χ1n) is 7.38. The van der Waals surface area contributed by atoms with Crippen molar-refractivity contribution in [1.82, 2.24) is 4.90 Å². The summed E-state index contributed by atoms with van der Waals surface area (Å²) in [7, 11) is 2.58. The number of amides is 1. The number of carbonyl (C=O) groups excluding carboxylic acids is 1. The molecule has 1 amide bonds. The van der Waals surface area contributed by atoms with Crippen molar-refractivity contribution in [1.29, 1.82) is 0 Å². The Morgan fingerprint density at radius 1 is 1.23 bits per heavy atom. The Morgan fingerprint density at radius 2 is 1.88 bits per heavy atom. The van der Waals surface area contributed by atoms with Gasteiger partial charge in [-0.15, -0.1) is 0 Å². The number of nitro benzene ring substituents is 1. The fourth-order valence-electron chi connectivity index (χ4n) is 2.45. The molecule has 138 valence electrons. The monoisotopic (exact) mass is 368 g/mol. The molecule has 0 aliphatic rings. The lowest BCUT2D eigenvalue weighted by molar-refractivity contribution is -0.385. The molecule has 0 heterocycles. The van der Waals surface area contributed by atoms with Gasteiger partial charge in [0, 0.05) is 25.2 Å². The van der Waals surface area contributed by atoms with Crippen LogP contribution in [-0.2, 0) is 12.7 Å². The summed E-state index contributed by atoms with van der Waals surface area (Å²) in [6.07, 6.45) is -4.54. The summed E-state index contributed by atoms with van der Waals surface area (Å²) in [5.41, 5.74) is -1.33. The Bertz CT molecular complexity index is 837. The molecule has 0 saturated carbocycles. The van der Waals surface area contributed by atoms with Gasteiger partial charge in [-0.25, -0.2) is 0 Å². The molecule has 0 spiro atoms. The van der Waals surface area contributed by atoms with Gasteiger partial charge in [0.15, 0.2) is 5.75 Å². The minimum absolute atomic E-state index is 0.0170. The number of alkyl halides is 3. The quantitative estimate of drug-likeness (QED) is 0.593. The number of carbonyl (C=O) groups is 1. The van der Waals surface area contributed by atoms with Gasteiger partial charge >= 0.3 is 11.9 Å². The number of rotatable bonds is 5. The van der Waals surface area contributed by atoms with Crippen LogP contribution in [0.15, 0.2) is 42.5 Å². The van der Waals surface area contributed by atoms with Crippen molar-refractivity contribution in [2.75, 3.05) is 14.2 Å². The molecule has 9 heteroatoms. The van der Waals surface area contributed by atoms with Gasteiger partial charge in [0.1, 0.15) is 0 Å². The first-order chi connectivity index (χ1) is 12.1. The molecule has 26 heavy (non-hydrogen) atoms. The van der Waals surface area contributed by atoms with Gasteiger partial charge in [0.25, 0.3) is 5.91 Å². The van der Waals surface area contributed by atoms with E-state index in [1.165, 1.54) is 44.5 Å². The third-order valence-electron chi connectivity index (χ3n) is 3.70. The maximum atomic E-state index is 13.1. The zero-order chi connectivity index (χ0) is 19.5. The van der Waals surface area contributed by atoms with Crippen LogP contribution in [0, 0.1) is 10.1 Å². The predicted molar refractivity (Wildman–Crippen MR) is 86.9 cm³/mol. The summed E-state index contributed by atoms with van der Waals surface area (Å²) in [6.45, 7) is -0.297. The van der Waals surface area contributed by atoms with E-state index in [0.717, 1.165) is 17.0 Å². The number of nitro groups is 1. The maximum Gasteiger partial charge on any atom is 0.416 e. The summed E-state index contributed by atoms with van der Waals surface area (Å²) in [6, 6.07) is 8.55. The fourth-order valence-corrected chi connectivity index (χ4v) is 2.45. The highest BCUT2D eigenvalue weighted by molar-refractivity contribution is 5.95. The molecule has 2 rings (SSSR count). The first kappa shape index (κ1) is 19.2. The third-order valence-corrected chi connectivity index (χ3v) is 3.70. The Balaban J connectivity index is 2.29. The van der Waals surface area contributed by atoms with Crippen molar-refractivity contribution in [2.45, 2.75) is 12.7 Å². The molecule has 0 saturated heterocycles. The number of hydrogen-bond acceptors (Lipinski definition) is 4. The molecule has 0 fully saturated rings. The van der Waals surface area contributed by atoms with E-state index in [4.69, 9.17) is 4.74 Å². The summed E-state index contributed by atoms with van der Waals surface area (Å²) in [4.78, 5) is 23.9. The van der Waals surface area contributed by atoms with Gasteiger partial charge in [-0.05, 0) is 23.8 Å². The average molecular weight is 368 g/mol. The van der Waals surface area contributed by atoms with Crippen LogP contribution in [0.2, 0.25) is 0 Å². The topological polar surface area (TPSA) is 72.7 Å². The van der Waals surface area contributed by atoms with E-state index in [0.29, 0.717) is 0 Å². The van der Waals surface area contributed by atoms with E-state index in [-0.39, 0.29) is 23.4 Å².